The molecule has 1 aromatic carbocycles. The van der Waals surface area contributed by atoms with E-state index in [2.05, 4.69) is 5.32 Å². The summed E-state index contributed by atoms with van der Waals surface area (Å²) in [6.45, 7) is 6.35. The maximum Gasteiger partial charge on any atom is 0.324 e. The largest absolute Gasteiger partial charge is 0.326 e. The lowest BCUT2D eigenvalue weighted by Crippen LogP contribution is -2.35. The highest BCUT2D eigenvalue weighted by Gasteiger charge is 2.38. The van der Waals surface area contributed by atoms with E-state index in [0.29, 0.717) is 13.0 Å². The second-order valence-corrected chi connectivity index (χ2v) is 5.40. The summed E-state index contributed by atoms with van der Waals surface area (Å²) in [5.41, 5.74) is 2.35. The molecule has 0 bridgehead atoms. The van der Waals surface area contributed by atoms with Crippen molar-refractivity contribution in [1.29, 1.82) is 0 Å². The highest BCUT2D eigenvalue weighted by molar-refractivity contribution is 6.04. The lowest BCUT2D eigenvalue weighted by atomic mass is 10.0. The number of hydrogen-bond donors (Lipinski definition) is 1. The van der Waals surface area contributed by atoms with E-state index in [1.54, 1.807) is 0 Å². The van der Waals surface area contributed by atoms with Gasteiger partial charge in [-0.2, -0.15) is 0 Å². The number of benzene rings is 1. The van der Waals surface area contributed by atoms with Gasteiger partial charge < -0.3 is 5.32 Å². The van der Waals surface area contributed by atoms with Crippen LogP contribution < -0.4 is 5.32 Å². The highest BCUT2D eigenvalue weighted by Crippen LogP contribution is 2.14. The summed E-state index contributed by atoms with van der Waals surface area (Å²) >= 11 is 0. The van der Waals surface area contributed by atoms with Crippen molar-refractivity contribution in [2.24, 2.45) is 5.92 Å². The lowest BCUT2D eigenvalue weighted by molar-refractivity contribution is -0.128. The van der Waals surface area contributed by atoms with Crippen LogP contribution in [0.3, 0.4) is 0 Å². The number of nitrogens with zero attached hydrogens (tertiary/aromatic N) is 1. The van der Waals surface area contributed by atoms with Crippen molar-refractivity contribution in [1.82, 2.24) is 10.2 Å². The summed E-state index contributed by atoms with van der Waals surface area (Å²) < 4.78 is 0. The van der Waals surface area contributed by atoms with Gasteiger partial charge in [0.05, 0.1) is 0 Å². The monoisotopic (exact) mass is 260 g/mol. The minimum absolute atomic E-state index is 0.105. The molecule has 1 fully saturated rings. The lowest BCUT2D eigenvalue weighted by Gasteiger charge is -2.14. The maximum atomic E-state index is 12.1. The number of carbonyl (C=O) groups is 2. The zero-order chi connectivity index (χ0) is 14.0. The Bertz CT molecular complexity index is 479. The van der Waals surface area contributed by atoms with Gasteiger partial charge >= 0.3 is 6.03 Å². The fourth-order valence-corrected chi connectivity index (χ4v) is 2.20. The number of rotatable bonds is 4. The molecule has 4 nitrogen and oxygen atoms in total. The average molecular weight is 260 g/mol. The first-order chi connectivity index (χ1) is 8.99. The van der Waals surface area contributed by atoms with Crippen LogP contribution in [0.1, 0.15) is 25.0 Å². The van der Waals surface area contributed by atoms with E-state index in [4.69, 9.17) is 0 Å². The van der Waals surface area contributed by atoms with Crippen molar-refractivity contribution >= 4 is 11.9 Å². The van der Waals surface area contributed by atoms with E-state index in [9.17, 15) is 9.59 Å². The van der Waals surface area contributed by atoms with Gasteiger partial charge in [0.1, 0.15) is 6.04 Å². The fraction of sp³-hybridized carbons (Fsp3) is 0.467. The SMILES string of the molecule is Cc1ccc(CCN2C(=O)NC(C(C)C)C2=O)cc1. The number of carbonyl (C=O) groups excluding carboxylic acids is 2. The van der Waals surface area contributed by atoms with E-state index >= 15 is 0 Å². The zero-order valence-corrected chi connectivity index (χ0v) is 11.6. The smallest absolute Gasteiger partial charge is 0.324 e. The Morgan fingerprint density at radius 3 is 2.37 bits per heavy atom. The molecule has 19 heavy (non-hydrogen) atoms. The number of amides is 3. The van der Waals surface area contributed by atoms with Crippen LogP contribution >= 0.6 is 0 Å². The van der Waals surface area contributed by atoms with Gasteiger partial charge in [0.25, 0.3) is 5.91 Å². The molecular formula is C15H20N2O2. The van der Waals surface area contributed by atoms with Crippen LogP contribution in [-0.2, 0) is 11.2 Å². The zero-order valence-electron chi connectivity index (χ0n) is 11.6. The van der Waals surface area contributed by atoms with E-state index < -0.39 is 0 Å². The molecule has 0 spiro atoms. The molecule has 1 aliphatic rings. The molecule has 102 valence electrons. The number of nitrogens with one attached hydrogen (secondary N) is 1. The van der Waals surface area contributed by atoms with E-state index in [1.807, 2.05) is 45.0 Å². The number of aryl methyl sites for hydroxylation is 1. The van der Waals surface area contributed by atoms with Crippen molar-refractivity contribution in [3.8, 4) is 0 Å². The van der Waals surface area contributed by atoms with E-state index in [1.165, 1.54) is 10.5 Å². The van der Waals surface area contributed by atoms with Gasteiger partial charge in [-0.05, 0) is 24.8 Å². The van der Waals surface area contributed by atoms with E-state index in [-0.39, 0.29) is 23.9 Å². The first-order valence-corrected chi connectivity index (χ1v) is 6.66. The Hall–Kier alpha value is -1.84. The number of hydrogen-bond acceptors (Lipinski definition) is 2. The highest BCUT2D eigenvalue weighted by atomic mass is 16.2. The normalized spacial score (nSPS) is 19.2. The standard InChI is InChI=1S/C15H20N2O2/c1-10(2)13-14(18)17(15(19)16-13)9-8-12-6-4-11(3)5-7-12/h4-7,10,13H,8-9H2,1-3H3,(H,16,19). The molecule has 0 aromatic heterocycles. The van der Waals surface area contributed by atoms with Crippen LogP contribution in [0.15, 0.2) is 24.3 Å². The van der Waals surface area contributed by atoms with Gasteiger partial charge in [-0.1, -0.05) is 43.7 Å². The number of urea groups is 1. The van der Waals surface area contributed by atoms with Crippen LogP contribution in [0, 0.1) is 12.8 Å². The summed E-state index contributed by atoms with van der Waals surface area (Å²) in [5.74, 6) is 0.0212. The van der Waals surface area contributed by atoms with Crippen molar-refractivity contribution in [3.63, 3.8) is 0 Å². The Morgan fingerprint density at radius 1 is 1.21 bits per heavy atom. The fourth-order valence-electron chi connectivity index (χ4n) is 2.20. The van der Waals surface area contributed by atoms with Crippen LogP contribution in [-0.4, -0.2) is 29.4 Å². The molecule has 4 heteroatoms. The van der Waals surface area contributed by atoms with Crippen molar-refractivity contribution in [3.05, 3.63) is 35.4 Å². The summed E-state index contributed by atoms with van der Waals surface area (Å²) in [6.07, 6.45) is 0.699. The van der Waals surface area contributed by atoms with Gasteiger partial charge in [0.2, 0.25) is 0 Å². The predicted octanol–water partition coefficient (Wildman–Crippen LogP) is 2.11. The summed E-state index contributed by atoms with van der Waals surface area (Å²) in [6, 6.07) is 7.51. The summed E-state index contributed by atoms with van der Waals surface area (Å²) in [5, 5.41) is 2.74. The van der Waals surface area contributed by atoms with Crippen LogP contribution in [0.4, 0.5) is 4.79 Å². The molecule has 3 amide bonds. The molecule has 0 radical (unpaired) electrons. The van der Waals surface area contributed by atoms with Crippen molar-refractivity contribution in [2.45, 2.75) is 33.2 Å². The van der Waals surface area contributed by atoms with Gasteiger partial charge in [-0.25, -0.2) is 4.79 Å². The predicted molar refractivity (Wildman–Crippen MR) is 73.8 cm³/mol. The molecular weight excluding hydrogens is 240 g/mol. The van der Waals surface area contributed by atoms with Crippen LogP contribution in [0.5, 0.6) is 0 Å². The molecule has 1 saturated heterocycles. The minimum Gasteiger partial charge on any atom is -0.326 e. The van der Waals surface area contributed by atoms with Crippen molar-refractivity contribution in [2.75, 3.05) is 6.54 Å². The molecule has 1 aliphatic heterocycles. The third-order valence-electron chi connectivity index (χ3n) is 3.47. The molecule has 0 saturated carbocycles. The van der Waals surface area contributed by atoms with E-state index in [0.717, 1.165) is 5.56 Å². The molecule has 1 unspecified atom stereocenters. The summed E-state index contributed by atoms with van der Waals surface area (Å²) in [7, 11) is 0. The Morgan fingerprint density at radius 2 is 1.84 bits per heavy atom. The quantitative estimate of drug-likeness (QED) is 0.843. The van der Waals surface area contributed by atoms with Crippen LogP contribution in [0.25, 0.3) is 0 Å². The molecule has 1 N–H and O–H groups in total. The molecule has 2 rings (SSSR count). The average Bonchev–Trinajstić information content (AvgIpc) is 2.65. The first-order valence-electron chi connectivity index (χ1n) is 6.66. The second-order valence-electron chi connectivity index (χ2n) is 5.40. The minimum atomic E-state index is -0.370. The summed E-state index contributed by atoms with van der Waals surface area (Å²) in [4.78, 5) is 25.2. The van der Waals surface area contributed by atoms with Gasteiger partial charge in [-0.3, -0.25) is 9.69 Å². The third-order valence-corrected chi connectivity index (χ3v) is 3.47. The first kappa shape index (κ1) is 13.6. The van der Waals surface area contributed by atoms with Crippen LogP contribution in [0.2, 0.25) is 0 Å². The van der Waals surface area contributed by atoms with Crippen molar-refractivity contribution < 1.29 is 9.59 Å². The Kier molecular flexibility index (Phi) is 3.88. The number of imide groups is 1. The molecule has 1 atom stereocenters. The Balaban J connectivity index is 1.98. The van der Waals surface area contributed by atoms with Gasteiger partial charge in [0, 0.05) is 6.54 Å². The second kappa shape index (κ2) is 5.43. The maximum absolute atomic E-state index is 12.1. The topological polar surface area (TPSA) is 49.4 Å². The third kappa shape index (κ3) is 2.95. The molecule has 0 aliphatic carbocycles. The van der Waals surface area contributed by atoms with Gasteiger partial charge in [-0.15, -0.1) is 0 Å². The Labute approximate surface area is 113 Å². The molecule has 1 aromatic rings. The molecule has 1 heterocycles. The van der Waals surface area contributed by atoms with Gasteiger partial charge in [0.15, 0.2) is 0 Å².